The van der Waals surface area contributed by atoms with E-state index in [1.807, 2.05) is 86.6 Å². The normalized spacial score (nSPS) is 10.9. The van der Waals surface area contributed by atoms with Crippen molar-refractivity contribution in [1.82, 2.24) is 4.90 Å². The molecule has 0 heterocycles. The van der Waals surface area contributed by atoms with Crippen molar-refractivity contribution in [2.75, 3.05) is 27.3 Å². The summed E-state index contributed by atoms with van der Waals surface area (Å²) in [6.07, 6.45) is 6.12. The van der Waals surface area contributed by atoms with Crippen molar-refractivity contribution in [1.29, 1.82) is 0 Å². The summed E-state index contributed by atoms with van der Waals surface area (Å²) in [5.41, 5.74) is 3.38. The summed E-state index contributed by atoms with van der Waals surface area (Å²) in [6, 6.07) is 25.6. The third-order valence-electron chi connectivity index (χ3n) is 7.30. The summed E-state index contributed by atoms with van der Waals surface area (Å²) in [5.74, 6) is 1.49. The number of carbonyl (C=O) groups excluding carboxylic acids is 1. The van der Waals surface area contributed by atoms with Crippen molar-refractivity contribution in [3.8, 4) is 28.7 Å². The van der Waals surface area contributed by atoms with Crippen LogP contribution >= 0.6 is 0 Å². The van der Waals surface area contributed by atoms with E-state index >= 15 is 0 Å². The molecule has 0 saturated carbocycles. The maximum absolute atomic E-state index is 13.2. The standard InChI is InChI=1S/C39H43NO7/c1-5-14-30-34(19-12-20-35(30)47-36-18-11-10-17-31(36)39(42)43)44-23-13-24-45-37-26-38(46-27-28-15-8-7-9-16-28)32(25-29(37)6-2)33(41)21-22-40(3)4/h7-12,15-22,25-26H,5-6,13-14,23-24,27H2,1-4H3,(H,42,43)/b22-21+. The lowest BCUT2D eigenvalue weighted by molar-refractivity contribution is 0.0694. The predicted octanol–water partition coefficient (Wildman–Crippen LogP) is 8.38. The Morgan fingerprint density at radius 1 is 0.745 bits per heavy atom. The summed E-state index contributed by atoms with van der Waals surface area (Å²) in [4.78, 5) is 26.7. The van der Waals surface area contributed by atoms with Gasteiger partial charge in [-0.25, -0.2) is 4.79 Å². The second kappa shape index (κ2) is 17.5. The topological polar surface area (TPSA) is 94.5 Å². The molecule has 0 aliphatic rings. The van der Waals surface area contributed by atoms with E-state index in [1.165, 1.54) is 6.07 Å². The number of benzene rings is 4. The van der Waals surface area contributed by atoms with Crippen molar-refractivity contribution in [2.24, 2.45) is 0 Å². The fourth-order valence-corrected chi connectivity index (χ4v) is 4.92. The summed E-state index contributed by atoms with van der Waals surface area (Å²) >= 11 is 0. The molecular weight excluding hydrogens is 594 g/mol. The minimum absolute atomic E-state index is 0.0981. The number of rotatable bonds is 18. The maximum atomic E-state index is 13.2. The first-order chi connectivity index (χ1) is 22.8. The molecule has 1 N–H and O–H groups in total. The van der Waals surface area contributed by atoms with Gasteiger partial charge in [0, 0.05) is 44.4 Å². The molecule has 0 spiro atoms. The Morgan fingerprint density at radius 2 is 1.43 bits per heavy atom. The maximum Gasteiger partial charge on any atom is 0.339 e. The Bertz CT molecular complexity index is 1660. The largest absolute Gasteiger partial charge is 0.493 e. The van der Waals surface area contributed by atoms with Gasteiger partial charge in [-0.15, -0.1) is 0 Å². The van der Waals surface area contributed by atoms with Crippen LogP contribution in [-0.4, -0.2) is 49.1 Å². The van der Waals surface area contributed by atoms with Gasteiger partial charge in [-0.3, -0.25) is 4.79 Å². The van der Waals surface area contributed by atoms with E-state index < -0.39 is 5.97 Å². The summed E-state index contributed by atoms with van der Waals surface area (Å²) in [7, 11) is 3.73. The van der Waals surface area contributed by atoms with Crippen molar-refractivity contribution in [3.05, 3.63) is 125 Å². The number of ether oxygens (including phenoxy) is 4. The average Bonchev–Trinajstić information content (AvgIpc) is 3.07. The van der Waals surface area contributed by atoms with E-state index in [0.717, 1.165) is 23.1 Å². The van der Waals surface area contributed by atoms with Crippen LogP contribution in [0.5, 0.6) is 28.7 Å². The zero-order valence-corrected chi connectivity index (χ0v) is 27.5. The highest BCUT2D eigenvalue weighted by Crippen LogP contribution is 2.35. The highest BCUT2D eigenvalue weighted by Gasteiger charge is 2.18. The predicted molar refractivity (Wildman–Crippen MR) is 183 cm³/mol. The number of ketones is 1. The van der Waals surface area contributed by atoms with Crippen LogP contribution in [0.2, 0.25) is 0 Å². The van der Waals surface area contributed by atoms with Crippen LogP contribution in [0.15, 0.2) is 97.2 Å². The molecule has 4 aromatic rings. The molecule has 8 heteroatoms. The van der Waals surface area contributed by atoms with E-state index in [-0.39, 0.29) is 17.1 Å². The van der Waals surface area contributed by atoms with Gasteiger partial charge in [0.1, 0.15) is 40.9 Å². The van der Waals surface area contributed by atoms with Crippen LogP contribution in [0.4, 0.5) is 0 Å². The molecule has 0 fully saturated rings. The van der Waals surface area contributed by atoms with Crippen LogP contribution in [0.3, 0.4) is 0 Å². The first kappa shape index (κ1) is 34.6. The van der Waals surface area contributed by atoms with Gasteiger partial charge in [0.2, 0.25) is 0 Å². The van der Waals surface area contributed by atoms with E-state index in [0.29, 0.717) is 67.6 Å². The van der Waals surface area contributed by atoms with Crippen molar-refractivity contribution >= 4 is 11.8 Å². The number of carbonyl (C=O) groups is 2. The van der Waals surface area contributed by atoms with Gasteiger partial charge in [-0.1, -0.05) is 68.8 Å². The van der Waals surface area contributed by atoms with E-state index in [9.17, 15) is 14.7 Å². The molecule has 0 aromatic heterocycles. The summed E-state index contributed by atoms with van der Waals surface area (Å²) in [5, 5.41) is 9.58. The molecule has 4 rings (SSSR count). The van der Waals surface area contributed by atoms with Crippen molar-refractivity contribution in [2.45, 2.75) is 46.1 Å². The lowest BCUT2D eigenvalue weighted by atomic mass is 10.0. The van der Waals surface area contributed by atoms with E-state index in [4.69, 9.17) is 18.9 Å². The molecule has 47 heavy (non-hydrogen) atoms. The lowest BCUT2D eigenvalue weighted by Crippen LogP contribution is -2.10. The molecule has 0 atom stereocenters. The molecule has 0 bridgehead atoms. The first-order valence-corrected chi connectivity index (χ1v) is 15.9. The second-order valence-electron chi connectivity index (χ2n) is 11.2. The smallest absolute Gasteiger partial charge is 0.339 e. The molecule has 0 aliphatic carbocycles. The van der Waals surface area contributed by atoms with Gasteiger partial charge < -0.3 is 29.0 Å². The van der Waals surface area contributed by atoms with Crippen molar-refractivity contribution in [3.63, 3.8) is 0 Å². The van der Waals surface area contributed by atoms with Crippen LogP contribution in [0.1, 0.15) is 64.1 Å². The third-order valence-corrected chi connectivity index (χ3v) is 7.30. The molecule has 0 aliphatic heterocycles. The van der Waals surface area contributed by atoms with Crippen LogP contribution in [0, 0.1) is 0 Å². The molecule has 4 aromatic carbocycles. The van der Waals surface area contributed by atoms with Gasteiger partial charge >= 0.3 is 5.97 Å². The van der Waals surface area contributed by atoms with Gasteiger partial charge in [-0.2, -0.15) is 0 Å². The number of carboxylic acid groups (broad SMARTS) is 1. The van der Waals surface area contributed by atoms with Crippen LogP contribution < -0.4 is 18.9 Å². The Balaban J connectivity index is 1.45. The Hall–Kier alpha value is -5.24. The Labute approximate surface area is 277 Å². The Kier molecular flexibility index (Phi) is 12.9. The Morgan fingerprint density at radius 3 is 2.13 bits per heavy atom. The minimum atomic E-state index is -1.05. The highest BCUT2D eigenvalue weighted by molar-refractivity contribution is 6.06. The zero-order chi connectivity index (χ0) is 33.6. The van der Waals surface area contributed by atoms with Gasteiger partial charge in [0.15, 0.2) is 5.78 Å². The monoisotopic (exact) mass is 637 g/mol. The molecule has 246 valence electrons. The number of para-hydroxylation sites is 1. The molecular formula is C39H43NO7. The van der Waals surface area contributed by atoms with E-state index in [1.54, 1.807) is 30.5 Å². The number of aryl methyl sites for hydroxylation is 1. The van der Waals surface area contributed by atoms with Gasteiger partial charge in [0.25, 0.3) is 0 Å². The molecule has 0 saturated heterocycles. The number of nitrogens with zero attached hydrogens (tertiary/aromatic N) is 1. The van der Waals surface area contributed by atoms with Crippen LogP contribution in [0.25, 0.3) is 0 Å². The number of hydrogen-bond acceptors (Lipinski definition) is 7. The molecule has 0 radical (unpaired) electrons. The minimum Gasteiger partial charge on any atom is -0.493 e. The fourth-order valence-electron chi connectivity index (χ4n) is 4.92. The number of allylic oxidation sites excluding steroid dienone is 1. The average molecular weight is 638 g/mol. The van der Waals surface area contributed by atoms with Gasteiger partial charge in [0.05, 0.1) is 18.8 Å². The second-order valence-corrected chi connectivity index (χ2v) is 11.2. The van der Waals surface area contributed by atoms with Crippen LogP contribution in [-0.2, 0) is 19.4 Å². The quantitative estimate of drug-likeness (QED) is 0.0661. The van der Waals surface area contributed by atoms with Crippen molar-refractivity contribution < 1.29 is 33.6 Å². The lowest BCUT2D eigenvalue weighted by Gasteiger charge is -2.18. The zero-order valence-electron chi connectivity index (χ0n) is 27.5. The highest BCUT2D eigenvalue weighted by atomic mass is 16.5. The number of hydrogen-bond donors (Lipinski definition) is 1. The fraction of sp³-hybridized carbons (Fsp3) is 0.282. The molecule has 0 amide bonds. The molecule has 0 unspecified atom stereocenters. The SMILES string of the molecule is CCCc1c(OCCCOc2cc(OCc3ccccc3)c(C(=O)/C=C/N(C)C)cc2CC)cccc1Oc1ccccc1C(=O)O. The first-order valence-electron chi connectivity index (χ1n) is 15.9. The number of aromatic carboxylic acids is 1. The van der Waals surface area contributed by atoms with Gasteiger partial charge in [-0.05, 0) is 54.3 Å². The molecule has 8 nitrogen and oxygen atoms in total. The summed E-state index contributed by atoms with van der Waals surface area (Å²) < 4.78 is 24.7. The number of carboxylic acids is 1. The third kappa shape index (κ3) is 9.87. The summed E-state index contributed by atoms with van der Waals surface area (Å²) in [6.45, 7) is 5.21. The van der Waals surface area contributed by atoms with E-state index in [2.05, 4.69) is 6.92 Å².